The number of carbonyl (C=O) groups excluding carboxylic acids is 3. The van der Waals surface area contributed by atoms with Gasteiger partial charge in [-0.05, 0) is 63.3 Å². The van der Waals surface area contributed by atoms with Gasteiger partial charge in [0.2, 0.25) is 5.91 Å². The standard InChI is InChI=1S/C30H35N3O6/c1-30(2,3)39-29(38)33-25(15-16-27(35)36)28(37)32-24(14-13-20-9-5-4-6-10-20)26(34)18-21-17-22-11-7-8-12-23(22)31-19-21/h4-12,17,19,24-25H,13-16,18H2,1-3H3,(H,32,37)(H,33,38)(H,35,36)/t24-,25+/m1/s1. The van der Waals surface area contributed by atoms with Crippen molar-refractivity contribution in [3.63, 3.8) is 0 Å². The van der Waals surface area contributed by atoms with Crippen molar-refractivity contribution in [2.24, 2.45) is 0 Å². The van der Waals surface area contributed by atoms with Crippen LogP contribution in [-0.4, -0.2) is 51.5 Å². The van der Waals surface area contributed by atoms with Crippen molar-refractivity contribution in [1.29, 1.82) is 0 Å². The first-order valence-corrected chi connectivity index (χ1v) is 12.9. The number of nitrogens with one attached hydrogen (secondary N) is 2. The van der Waals surface area contributed by atoms with Crippen molar-refractivity contribution in [3.8, 4) is 0 Å². The number of alkyl carbamates (subject to hydrolysis) is 1. The number of aryl methyl sites for hydroxylation is 1. The lowest BCUT2D eigenvalue weighted by molar-refractivity contribution is -0.137. The molecule has 2 aromatic carbocycles. The summed E-state index contributed by atoms with van der Waals surface area (Å²) in [5.41, 5.74) is 1.73. The molecule has 0 bridgehead atoms. The van der Waals surface area contributed by atoms with Gasteiger partial charge in [-0.3, -0.25) is 19.4 Å². The first kappa shape index (κ1) is 29.3. The van der Waals surface area contributed by atoms with Crippen LogP contribution in [0.15, 0.2) is 66.9 Å². The van der Waals surface area contributed by atoms with E-state index >= 15 is 0 Å². The van der Waals surface area contributed by atoms with Crippen molar-refractivity contribution in [2.45, 2.75) is 70.6 Å². The second-order valence-electron chi connectivity index (χ2n) is 10.4. The van der Waals surface area contributed by atoms with Crippen LogP contribution in [0.5, 0.6) is 0 Å². The molecule has 0 aliphatic carbocycles. The molecule has 0 spiro atoms. The molecule has 39 heavy (non-hydrogen) atoms. The summed E-state index contributed by atoms with van der Waals surface area (Å²) in [6.07, 6.45) is 1.21. The number of rotatable bonds is 12. The zero-order valence-corrected chi connectivity index (χ0v) is 22.5. The first-order valence-electron chi connectivity index (χ1n) is 12.9. The summed E-state index contributed by atoms with van der Waals surface area (Å²) in [7, 11) is 0. The number of carboxylic acid groups (broad SMARTS) is 1. The number of carbonyl (C=O) groups is 4. The van der Waals surface area contributed by atoms with Gasteiger partial charge < -0.3 is 20.5 Å². The quantitative estimate of drug-likeness (QED) is 0.317. The third-order valence-corrected chi connectivity index (χ3v) is 5.95. The van der Waals surface area contributed by atoms with Crippen LogP contribution in [-0.2, 0) is 32.0 Å². The summed E-state index contributed by atoms with van der Waals surface area (Å²) in [5.74, 6) is -1.98. The Kier molecular flexibility index (Phi) is 10.1. The number of Topliss-reactive ketones (excluding diaryl/α,β-unsaturated/α-hetero) is 1. The molecule has 0 aliphatic rings. The van der Waals surface area contributed by atoms with Crippen molar-refractivity contribution in [2.75, 3.05) is 0 Å². The number of hydrogen-bond acceptors (Lipinski definition) is 6. The average Bonchev–Trinajstić information content (AvgIpc) is 2.88. The number of carboxylic acids is 1. The highest BCUT2D eigenvalue weighted by Crippen LogP contribution is 2.15. The Hall–Kier alpha value is -4.27. The minimum Gasteiger partial charge on any atom is -0.481 e. The number of para-hydroxylation sites is 1. The molecule has 0 aliphatic heterocycles. The smallest absolute Gasteiger partial charge is 0.408 e. The molecular weight excluding hydrogens is 498 g/mol. The minimum atomic E-state index is -1.19. The van der Waals surface area contributed by atoms with Crippen molar-refractivity contribution in [1.82, 2.24) is 15.6 Å². The largest absolute Gasteiger partial charge is 0.481 e. The Morgan fingerprint density at radius 1 is 0.897 bits per heavy atom. The Labute approximate surface area is 228 Å². The van der Waals surface area contributed by atoms with Gasteiger partial charge in [-0.25, -0.2) is 4.79 Å². The predicted molar refractivity (Wildman–Crippen MR) is 147 cm³/mol. The van der Waals surface area contributed by atoms with E-state index in [9.17, 15) is 19.2 Å². The number of fused-ring (bicyclic) bond motifs is 1. The summed E-state index contributed by atoms with van der Waals surface area (Å²) >= 11 is 0. The van der Waals surface area contributed by atoms with E-state index in [2.05, 4.69) is 15.6 Å². The van der Waals surface area contributed by atoms with Gasteiger partial charge in [-0.1, -0.05) is 48.5 Å². The second kappa shape index (κ2) is 13.5. The van der Waals surface area contributed by atoms with Crippen LogP contribution in [0.1, 0.15) is 51.2 Å². The number of aliphatic carboxylic acids is 1. The van der Waals surface area contributed by atoms with E-state index in [1.54, 1.807) is 27.0 Å². The van der Waals surface area contributed by atoms with Gasteiger partial charge in [0, 0.05) is 24.4 Å². The lowest BCUT2D eigenvalue weighted by Crippen LogP contribution is -2.52. The fourth-order valence-corrected chi connectivity index (χ4v) is 4.07. The van der Waals surface area contributed by atoms with Crippen molar-refractivity contribution >= 4 is 34.7 Å². The summed E-state index contributed by atoms with van der Waals surface area (Å²) in [6.45, 7) is 5.04. The van der Waals surface area contributed by atoms with E-state index in [-0.39, 0.29) is 25.0 Å². The van der Waals surface area contributed by atoms with Gasteiger partial charge in [-0.15, -0.1) is 0 Å². The molecule has 3 rings (SSSR count). The molecule has 0 unspecified atom stereocenters. The normalized spacial score (nSPS) is 12.8. The molecule has 1 aromatic heterocycles. The van der Waals surface area contributed by atoms with Gasteiger partial charge in [-0.2, -0.15) is 0 Å². The van der Waals surface area contributed by atoms with Gasteiger partial charge in [0.05, 0.1) is 11.6 Å². The number of hydrogen-bond donors (Lipinski definition) is 3. The monoisotopic (exact) mass is 533 g/mol. The number of pyridine rings is 1. The third-order valence-electron chi connectivity index (χ3n) is 5.95. The maximum atomic E-state index is 13.5. The lowest BCUT2D eigenvalue weighted by Gasteiger charge is -2.25. The second-order valence-corrected chi connectivity index (χ2v) is 10.4. The van der Waals surface area contributed by atoms with Gasteiger partial charge in [0.1, 0.15) is 11.6 Å². The molecule has 3 aromatic rings. The average molecular weight is 534 g/mol. The highest BCUT2D eigenvalue weighted by atomic mass is 16.6. The topological polar surface area (TPSA) is 135 Å². The number of benzene rings is 2. The van der Waals surface area contributed by atoms with E-state index in [4.69, 9.17) is 9.84 Å². The fraction of sp³-hybridized carbons (Fsp3) is 0.367. The van der Waals surface area contributed by atoms with Gasteiger partial charge in [0.25, 0.3) is 0 Å². The Morgan fingerprint density at radius 2 is 1.59 bits per heavy atom. The van der Waals surface area contributed by atoms with Crippen LogP contribution < -0.4 is 10.6 Å². The van der Waals surface area contributed by atoms with Crippen LogP contribution in [0.25, 0.3) is 10.9 Å². The van der Waals surface area contributed by atoms with Crippen molar-refractivity contribution < 1.29 is 29.0 Å². The predicted octanol–water partition coefficient (Wildman–Crippen LogP) is 4.22. The third kappa shape index (κ3) is 9.85. The zero-order chi connectivity index (χ0) is 28.4. The number of aromatic nitrogens is 1. The number of nitrogens with zero attached hydrogens (tertiary/aromatic N) is 1. The van der Waals surface area contributed by atoms with E-state index < -0.39 is 35.7 Å². The zero-order valence-electron chi connectivity index (χ0n) is 22.5. The van der Waals surface area contributed by atoms with E-state index in [1.165, 1.54) is 0 Å². The highest BCUT2D eigenvalue weighted by molar-refractivity contribution is 5.93. The SMILES string of the molecule is CC(C)(C)OC(=O)N[C@@H](CCC(=O)O)C(=O)N[C@H](CCc1ccccc1)C(=O)Cc1cnc2ccccc2c1. The molecule has 0 radical (unpaired) electrons. The molecule has 206 valence electrons. The molecule has 0 saturated heterocycles. The summed E-state index contributed by atoms with van der Waals surface area (Å²) < 4.78 is 5.25. The highest BCUT2D eigenvalue weighted by Gasteiger charge is 2.29. The molecule has 0 fully saturated rings. The summed E-state index contributed by atoms with van der Waals surface area (Å²) in [4.78, 5) is 54.7. The summed E-state index contributed by atoms with van der Waals surface area (Å²) in [5, 5.41) is 15.3. The van der Waals surface area contributed by atoms with Crippen LogP contribution >= 0.6 is 0 Å². The van der Waals surface area contributed by atoms with E-state index in [0.717, 1.165) is 16.5 Å². The van der Waals surface area contributed by atoms with Gasteiger partial charge >= 0.3 is 12.1 Å². The van der Waals surface area contributed by atoms with Crippen LogP contribution in [0, 0.1) is 0 Å². The molecule has 2 amide bonds. The van der Waals surface area contributed by atoms with Crippen LogP contribution in [0.2, 0.25) is 0 Å². The molecule has 1 heterocycles. The molecule has 0 saturated carbocycles. The Morgan fingerprint density at radius 3 is 2.28 bits per heavy atom. The number of ether oxygens (including phenoxy) is 1. The summed E-state index contributed by atoms with van der Waals surface area (Å²) in [6, 6.07) is 17.0. The molecule has 2 atom stereocenters. The Balaban J connectivity index is 1.78. The van der Waals surface area contributed by atoms with Crippen LogP contribution in [0.4, 0.5) is 4.79 Å². The van der Waals surface area contributed by atoms with E-state index in [0.29, 0.717) is 18.4 Å². The van der Waals surface area contributed by atoms with Gasteiger partial charge in [0.15, 0.2) is 5.78 Å². The minimum absolute atomic E-state index is 0.0524. The van der Waals surface area contributed by atoms with Crippen LogP contribution in [0.3, 0.4) is 0 Å². The maximum Gasteiger partial charge on any atom is 0.408 e. The number of ketones is 1. The van der Waals surface area contributed by atoms with Crippen molar-refractivity contribution in [3.05, 3.63) is 78.0 Å². The van der Waals surface area contributed by atoms with E-state index in [1.807, 2.05) is 60.7 Å². The molecular formula is C30H35N3O6. The first-order chi connectivity index (χ1) is 18.5. The molecule has 9 nitrogen and oxygen atoms in total. The fourth-order valence-electron chi connectivity index (χ4n) is 4.07. The molecule has 9 heteroatoms. The maximum absolute atomic E-state index is 13.5. The lowest BCUT2D eigenvalue weighted by atomic mass is 9.97. The molecule has 3 N–H and O–H groups in total. The number of amides is 2. The Bertz CT molecular complexity index is 1300.